The standard InChI is InChI=1S/C18H22N2O4S2/c1-24-15-7-9-20(10-8-15)18(21)14-4-2-6-17(12-14)26(22,23)19-13-16-5-3-11-25-16/h2-6,11-12,15,19H,7-10,13H2,1H3. The number of hydrogen-bond donors (Lipinski definition) is 1. The number of ether oxygens (including phenoxy) is 1. The molecule has 3 rings (SSSR count). The van der Waals surface area contributed by atoms with E-state index in [-0.39, 0.29) is 23.5 Å². The van der Waals surface area contributed by atoms with Gasteiger partial charge in [0, 0.05) is 37.2 Å². The number of sulfonamides is 1. The molecule has 1 aromatic heterocycles. The Bertz CT molecular complexity index is 842. The third-order valence-corrected chi connectivity index (χ3v) is 6.75. The van der Waals surface area contributed by atoms with Gasteiger partial charge in [-0.1, -0.05) is 12.1 Å². The maximum atomic E-state index is 12.7. The fourth-order valence-electron chi connectivity index (χ4n) is 2.94. The van der Waals surface area contributed by atoms with Gasteiger partial charge in [-0.05, 0) is 42.5 Å². The van der Waals surface area contributed by atoms with E-state index in [0.29, 0.717) is 18.7 Å². The molecular weight excluding hydrogens is 372 g/mol. The van der Waals surface area contributed by atoms with Crippen molar-refractivity contribution in [3.05, 3.63) is 52.2 Å². The zero-order valence-electron chi connectivity index (χ0n) is 14.6. The van der Waals surface area contributed by atoms with E-state index in [4.69, 9.17) is 4.74 Å². The average molecular weight is 395 g/mol. The summed E-state index contributed by atoms with van der Waals surface area (Å²) in [5, 5.41) is 1.90. The number of nitrogens with one attached hydrogen (secondary N) is 1. The molecule has 1 saturated heterocycles. The quantitative estimate of drug-likeness (QED) is 0.817. The molecule has 1 aliphatic rings. The molecule has 2 heterocycles. The number of amides is 1. The van der Waals surface area contributed by atoms with Crippen molar-refractivity contribution >= 4 is 27.3 Å². The van der Waals surface area contributed by atoms with E-state index >= 15 is 0 Å². The van der Waals surface area contributed by atoms with Crippen LogP contribution < -0.4 is 4.72 Å². The summed E-state index contributed by atoms with van der Waals surface area (Å²) < 4.78 is 32.9. The normalized spacial score (nSPS) is 16.0. The van der Waals surface area contributed by atoms with E-state index in [0.717, 1.165) is 17.7 Å². The van der Waals surface area contributed by atoms with Crippen LogP contribution in [0.2, 0.25) is 0 Å². The third-order valence-electron chi connectivity index (χ3n) is 4.47. The van der Waals surface area contributed by atoms with Crippen LogP contribution in [-0.4, -0.2) is 45.5 Å². The van der Waals surface area contributed by atoms with E-state index in [2.05, 4.69) is 4.72 Å². The molecule has 0 atom stereocenters. The Morgan fingerprint density at radius 3 is 2.69 bits per heavy atom. The fraction of sp³-hybridized carbons (Fsp3) is 0.389. The van der Waals surface area contributed by atoms with Crippen molar-refractivity contribution in [3.8, 4) is 0 Å². The van der Waals surface area contributed by atoms with Crippen molar-refractivity contribution in [1.29, 1.82) is 0 Å². The Labute approximate surface area is 157 Å². The highest BCUT2D eigenvalue weighted by Gasteiger charge is 2.24. The first-order chi connectivity index (χ1) is 12.5. The lowest BCUT2D eigenvalue weighted by Crippen LogP contribution is -2.40. The fourth-order valence-corrected chi connectivity index (χ4v) is 4.72. The molecular formula is C18H22N2O4S2. The van der Waals surface area contributed by atoms with Gasteiger partial charge in [-0.3, -0.25) is 4.79 Å². The van der Waals surface area contributed by atoms with Crippen LogP contribution >= 0.6 is 11.3 Å². The highest BCUT2D eigenvalue weighted by atomic mass is 32.2. The van der Waals surface area contributed by atoms with Crippen LogP contribution in [0.4, 0.5) is 0 Å². The molecule has 2 aromatic rings. The smallest absolute Gasteiger partial charge is 0.253 e. The van der Waals surface area contributed by atoms with Crippen LogP contribution in [0.15, 0.2) is 46.7 Å². The number of benzene rings is 1. The minimum absolute atomic E-state index is 0.103. The minimum Gasteiger partial charge on any atom is -0.381 e. The number of hydrogen-bond acceptors (Lipinski definition) is 5. The van der Waals surface area contributed by atoms with Gasteiger partial charge in [-0.15, -0.1) is 11.3 Å². The molecule has 0 saturated carbocycles. The summed E-state index contributed by atoms with van der Waals surface area (Å²) in [5.74, 6) is -0.144. The van der Waals surface area contributed by atoms with E-state index in [1.807, 2.05) is 17.5 Å². The molecule has 1 fully saturated rings. The van der Waals surface area contributed by atoms with E-state index in [1.54, 1.807) is 24.1 Å². The van der Waals surface area contributed by atoms with Crippen molar-refractivity contribution < 1.29 is 17.9 Å². The summed E-state index contributed by atoms with van der Waals surface area (Å²) in [7, 11) is -1.99. The average Bonchev–Trinajstić information content (AvgIpc) is 3.20. The highest BCUT2D eigenvalue weighted by molar-refractivity contribution is 7.89. The first-order valence-corrected chi connectivity index (χ1v) is 10.8. The number of rotatable bonds is 6. The van der Waals surface area contributed by atoms with Gasteiger partial charge in [0.25, 0.3) is 5.91 Å². The molecule has 140 valence electrons. The molecule has 0 aliphatic carbocycles. The van der Waals surface area contributed by atoms with Crippen molar-refractivity contribution in [2.75, 3.05) is 20.2 Å². The molecule has 1 amide bonds. The summed E-state index contributed by atoms with van der Waals surface area (Å²) in [4.78, 5) is 15.5. The Morgan fingerprint density at radius 2 is 2.04 bits per heavy atom. The second-order valence-electron chi connectivity index (χ2n) is 6.16. The number of likely N-dealkylation sites (tertiary alicyclic amines) is 1. The Morgan fingerprint density at radius 1 is 1.27 bits per heavy atom. The minimum atomic E-state index is -3.67. The maximum absolute atomic E-state index is 12.7. The van der Waals surface area contributed by atoms with E-state index in [1.165, 1.54) is 23.5 Å². The van der Waals surface area contributed by atoms with Crippen LogP contribution in [-0.2, 0) is 21.3 Å². The van der Waals surface area contributed by atoms with Crippen molar-refractivity contribution in [2.45, 2.75) is 30.4 Å². The van der Waals surface area contributed by atoms with Crippen LogP contribution in [0, 0.1) is 0 Å². The summed E-state index contributed by atoms with van der Waals surface area (Å²) in [6.45, 7) is 1.47. The van der Waals surface area contributed by atoms with Gasteiger partial charge >= 0.3 is 0 Å². The summed E-state index contributed by atoms with van der Waals surface area (Å²) in [6, 6.07) is 9.96. The van der Waals surface area contributed by atoms with Crippen molar-refractivity contribution in [2.24, 2.45) is 0 Å². The molecule has 6 nitrogen and oxygen atoms in total. The van der Waals surface area contributed by atoms with Crippen LogP contribution in [0.25, 0.3) is 0 Å². The lowest BCUT2D eigenvalue weighted by atomic mass is 10.1. The Hall–Kier alpha value is -1.74. The number of thiophene rings is 1. The lowest BCUT2D eigenvalue weighted by Gasteiger charge is -2.31. The SMILES string of the molecule is COC1CCN(C(=O)c2cccc(S(=O)(=O)NCc3cccs3)c2)CC1. The number of nitrogens with zero attached hydrogens (tertiary/aromatic N) is 1. The molecule has 8 heteroatoms. The molecule has 26 heavy (non-hydrogen) atoms. The molecule has 0 unspecified atom stereocenters. The van der Waals surface area contributed by atoms with Gasteiger partial charge in [0.15, 0.2) is 0 Å². The molecule has 1 aromatic carbocycles. The maximum Gasteiger partial charge on any atom is 0.253 e. The summed E-state index contributed by atoms with van der Waals surface area (Å²) in [6.07, 6.45) is 1.78. The first kappa shape index (κ1) is 19.0. The highest BCUT2D eigenvalue weighted by Crippen LogP contribution is 2.18. The summed E-state index contributed by atoms with van der Waals surface area (Å²) >= 11 is 1.49. The first-order valence-electron chi connectivity index (χ1n) is 8.44. The second-order valence-corrected chi connectivity index (χ2v) is 8.96. The zero-order valence-corrected chi connectivity index (χ0v) is 16.2. The van der Waals surface area contributed by atoms with Gasteiger partial charge in [-0.25, -0.2) is 13.1 Å². The molecule has 1 N–H and O–H groups in total. The summed E-state index contributed by atoms with van der Waals surface area (Å²) in [5.41, 5.74) is 0.389. The number of piperidine rings is 1. The predicted molar refractivity (Wildman–Crippen MR) is 101 cm³/mol. The van der Waals surface area contributed by atoms with Crippen LogP contribution in [0.1, 0.15) is 28.1 Å². The van der Waals surface area contributed by atoms with Crippen LogP contribution in [0.3, 0.4) is 0 Å². The number of methoxy groups -OCH3 is 1. The van der Waals surface area contributed by atoms with Gasteiger partial charge in [0.1, 0.15) is 0 Å². The van der Waals surface area contributed by atoms with Crippen molar-refractivity contribution in [3.63, 3.8) is 0 Å². The van der Waals surface area contributed by atoms with Crippen molar-refractivity contribution in [1.82, 2.24) is 9.62 Å². The predicted octanol–water partition coefficient (Wildman–Crippen LogP) is 2.48. The number of carbonyl (C=O) groups excluding carboxylic acids is 1. The Balaban J connectivity index is 1.70. The lowest BCUT2D eigenvalue weighted by molar-refractivity contribution is 0.0350. The number of carbonyl (C=O) groups is 1. The van der Waals surface area contributed by atoms with Gasteiger partial charge in [0.05, 0.1) is 11.0 Å². The topological polar surface area (TPSA) is 75.7 Å². The van der Waals surface area contributed by atoms with Gasteiger partial charge < -0.3 is 9.64 Å². The molecule has 1 aliphatic heterocycles. The largest absolute Gasteiger partial charge is 0.381 e. The Kier molecular flexibility index (Phi) is 6.08. The monoisotopic (exact) mass is 394 g/mol. The molecule has 0 spiro atoms. The van der Waals surface area contributed by atoms with Gasteiger partial charge in [-0.2, -0.15) is 0 Å². The van der Waals surface area contributed by atoms with E-state index < -0.39 is 10.0 Å². The van der Waals surface area contributed by atoms with Gasteiger partial charge in [0.2, 0.25) is 10.0 Å². The van der Waals surface area contributed by atoms with Crippen LogP contribution in [0.5, 0.6) is 0 Å². The van der Waals surface area contributed by atoms with E-state index in [9.17, 15) is 13.2 Å². The third kappa shape index (κ3) is 4.50. The molecule has 0 radical (unpaired) electrons. The zero-order chi connectivity index (χ0) is 18.6. The second kappa shape index (κ2) is 8.30. The molecule has 0 bridgehead atoms.